The average Bonchev–Trinajstić information content (AvgIpc) is 2.96. The molecule has 0 spiro atoms. The number of hydrogen-bond acceptors (Lipinski definition) is 2. The second-order valence-electron chi connectivity index (χ2n) is 10.8. The Balaban J connectivity index is 2.43. The molecule has 27 heavy (non-hydrogen) atoms. The lowest BCUT2D eigenvalue weighted by Crippen LogP contribution is -2.71. The third-order valence-corrected chi connectivity index (χ3v) is 7.65. The van der Waals surface area contributed by atoms with Gasteiger partial charge in [0.2, 0.25) is 0 Å². The van der Waals surface area contributed by atoms with Crippen molar-refractivity contribution in [3.05, 3.63) is 23.8 Å². The summed E-state index contributed by atoms with van der Waals surface area (Å²) in [5.41, 5.74) is 5.17. The van der Waals surface area contributed by atoms with Crippen molar-refractivity contribution in [2.75, 3.05) is 18.0 Å². The van der Waals surface area contributed by atoms with Crippen LogP contribution in [-0.4, -0.2) is 35.7 Å². The minimum absolute atomic E-state index is 0.121. The van der Waals surface area contributed by atoms with E-state index in [0.29, 0.717) is 18.7 Å². The lowest BCUT2D eigenvalue weighted by molar-refractivity contribution is 0.212. The van der Waals surface area contributed by atoms with Gasteiger partial charge in [-0.15, -0.1) is 0 Å². The van der Waals surface area contributed by atoms with Crippen LogP contribution in [0.2, 0.25) is 0 Å². The summed E-state index contributed by atoms with van der Waals surface area (Å²) in [6.45, 7) is 27.0. The Morgan fingerprint density at radius 3 is 2.11 bits per heavy atom. The smallest absolute Gasteiger partial charge is 0.287 e. The maximum Gasteiger partial charge on any atom is 0.287 e. The summed E-state index contributed by atoms with van der Waals surface area (Å²) in [5, 5.41) is 0. The number of para-hydroxylation sites is 1. The molecule has 2 aliphatic heterocycles. The minimum Gasteiger partial charge on any atom is -0.365 e. The van der Waals surface area contributed by atoms with Crippen molar-refractivity contribution in [1.29, 1.82) is 0 Å². The van der Waals surface area contributed by atoms with Gasteiger partial charge in [0.05, 0.1) is 0 Å². The highest BCUT2D eigenvalue weighted by Gasteiger charge is 2.71. The summed E-state index contributed by atoms with van der Waals surface area (Å²) < 4.78 is 0. The van der Waals surface area contributed by atoms with Crippen LogP contribution in [-0.2, 0) is 0 Å². The third kappa shape index (κ3) is 2.56. The van der Waals surface area contributed by atoms with Crippen molar-refractivity contribution in [3.8, 4) is 0 Å². The quantitative estimate of drug-likeness (QED) is 0.650. The molecule has 0 amide bonds. The first-order valence-corrected chi connectivity index (χ1v) is 11.1. The molecule has 3 rings (SSSR count). The van der Waals surface area contributed by atoms with Crippen molar-refractivity contribution in [2.24, 2.45) is 11.3 Å². The van der Waals surface area contributed by atoms with Crippen LogP contribution in [0, 0.1) is 11.3 Å². The Kier molecular flexibility index (Phi) is 5.03. The molecule has 0 aliphatic carbocycles. The predicted molar refractivity (Wildman–Crippen MR) is 121 cm³/mol. The van der Waals surface area contributed by atoms with Gasteiger partial charge in [-0.1, -0.05) is 73.6 Å². The Morgan fingerprint density at radius 1 is 1.04 bits per heavy atom. The zero-order valence-corrected chi connectivity index (χ0v) is 19.5. The van der Waals surface area contributed by atoms with Gasteiger partial charge in [-0.3, -0.25) is 0 Å². The molecule has 0 saturated carbocycles. The number of fused-ring (bicyclic) bond motifs is 3. The largest absolute Gasteiger partial charge is 0.365 e. The number of rotatable bonds is 5. The van der Waals surface area contributed by atoms with Crippen molar-refractivity contribution >= 4 is 18.0 Å². The van der Waals surface area contributed by atoms with E-state index < -0.39 is 0 Å². The van der Waals surface area contributed by atoms with Crippen LogP contribution in [0.25, 0.3) is 0 Å². The molecule has 0 aromatic heterocycles. The van der Waals surface area contributed by atoms with Gasteiger partial charge in [-0.25, -0.2) is 0 Å². The fraction of sp³-hybridized carbons (Fsp3) is 0.750. The van der Waals surface area contributed by atoms with Gasteiger partial charge in [0.15, 0.2) is 0 Å². The molecule has 1 aromatic carbocycles. The van der Waals surface area contributed by atoms with E-state index in [1.807, 2.05) is 0 Å². The fourth-order valence-electron chi connectivity index (χ4n) is 7.27. The minimum atomic E-state index is 0.121. The summed E-state index contributed by atoms with van der Waals surface area (Å²) in [4.78, 5) is 5.63. The Hall–Kier alpha value is -0.955. The summed E-state index contributed by atoms with van der Waals surface area (Å²) in [6.07, 6.45) is 1.24. The second kappa shape index (κ2) is 6.54. The molecule has 1 fully saturated rings. The highest BCUT2D eigenvalue weighted by atomic mass is 15.3. The van der Waals surface area contributed by atoms with E-state index in [4.69, 9.17) is 0 Å². The predicted octanol–water partition coefficient (Wildman–Crippen LogP) is 5.31. The maximum absolute atomic E-state index is 2.90. The van der Waals surface area contributed by atoms with E-state index in [2.05, 4.69) is 97.1 Å². The first kappa shape index (κ1) is 20.8. The molecular weight excluding hydrogens is 327 g/mol. The Bertz CT molecular complexity index is 702. The molecule has 1 saturated heterocycles. The van der Waals surface area contributed by atoms with Crippen molar-refractivity contribution in [3.63, 3.8) is 0 Å². The summed E-state index contributed by atoms with van der Waals surface area (Å²) in [6, 6.07) is 7.11. The van der Waals surface area contributed by atoms with Gasteiger partial charge in [-0.05, 0) is 61.6 Å². The van der Waals surface area contributed by atoms with Crippen molar-refractivity contribution in [1.82, 2.24) is 4.81 Å². The molecule has 1 aromatic rings. The van der Waals surface area contributed by atoms with Gasteiger partial charge in [0.25, 0.3) is 6.85 Å². The van der Waals surface area contributed by atoms with Crippen LogP contribution in [0.5, 0.6) is 0 Å². The fourth-order valence-corrected chi connectivity index (χ4v) is 7.27. The monoisotopic (exact) mass is 368 g/mol. The highest BCUT2D eigenvalue weighted by Crippen LogP contribution is 2.62. The van der Waals surface area contributed by atoms with Crippen LogP contribution in [0.4, 0.5) is 5.69 Å². The van der Waals surface area contributed by atoms with E-state index in [0.717, 1.165) is 13.1 Å². The summed E-state index contributed by atoms with van der Waals surface area (Å²) in [5.74, 6) is 1.12. The van der Waals surface area contributed by atoms with Gasteiger partial charge in [-0.2, -0.15) is 0 Å². The molecule has 3 heteroatoms. The van der Waals surface area contributed by atoms with Gasteiger partial charge >= 0.3 is 0 Å². The molecule has 1 atom stereocenters. The van der Waals surface area contributed by atoms with Crippen LogP contribution < -0.4 is 10.4 Å². The average molecular weight is 368 g/mol. The molecule has 0 unspecified atom stereocenters. The normalized spacial score (nSPS) is 25.7. The molecule has 2 aliphatic rings. The zero-order chi connectivity index (χ0) is 20.4. The molecule has 2 heterocycles. The maximum atomic E-state index is 2.90. The highest BCUT2D eigenvalue weighted by molar-refractivity contribution is 6.78. The Morgan fingerprint density at radius 2 is 1.63 bits per heavy atom. The van der Waals surface area contributed by atoms with Crippen molar-refractivity contribution < 1.29 is 0 Å². The standard InChI is InChI=1S/C24H41BN2/c1-11-26(12-2)25-20-15-13-14-19(17(3)4)21(20)27-23(9,10)16-22(7,8)24(25,27)18(5)6/h13-15,17-18H,11-12,16H2,1-10H3/t24-/m0/s1. The van der Waals surface area contributed by atoms with Gasteiger partial charge < -0.3 is 9.71 Å². The SMILES string of the molecule is CCN(CC)B1c2cccc(C(C)C)c2N2C(C)(C)CC(C)(C)[C@@]12C(C)C. The van der Waals surface area contributed by atoms with Gasteiger partial charge in [0, 0.05) is 16.7 Å². The van der Waals surface area contributed by atoms with Crippen LogP contribution in [0.3, 0.4) is 0 Å². The molecule has 0 radical (unpaired) electrons. The first-order valence-electron chi connectivity index (χ1n) is 11.1. The number of nitrogens with zero attached hydrogens (tertiary/aromatic N) is 2. The van der Waals surface area contributed by atoms with E-state index in [9.17, 15) is 0 Å². The lowest BCUT2D eigenvalue weighted by Gasteiger charge is -2.53. The van der Waals surface area contributed by atoms with Crippen LogP contribution >= 0.6 is 0 Å². The second-order valence-corrected chi connectivity index (χ2v) is 10.8. The summed E-state index contributed by atoms with van der Waals surface area (Å²) in [7, 11) is 0. The molecular formula is C24H41BN2. The lowest BCUT2D eigenvalue weighted by atomic mass is 9.34. The van der Waals surface area contributed by atoms with E-state index >= 15 is 0 Å². The number of benzene rings is 1. The molecule has 150 valence electrons. The number of hydrogen-bond donors (Lipinski definition) is 0. The van der Waals surface area contributed by atoms with E-state index in [1.165, 1.54) is 12.0 Å². The van der Waals surface area contributed by atoms with E-state index in [1.54, 1.807) is 11.2 Å². The zero-order valence-electron chi connectivity index (χ0n) is 19.5. The number of anilines is 1. The summed E-state index contributed by atoms with van der Waals surface area (Å²) >= 11 is 0. The van der Waals surface area contributed by atoms with Crippen molar-refractivity contribution in [2.45, 2.75) is 92.6 Å². The van der Waals surface area contributed by atoms with Crippen LogP contribution in [0.15, 0.2) is 18.2 Å². The first-order chi connectivity index (χ1) is 12.5. The topological polar surface area (TPSA) is 6.48 Å². The van der Waals surface area contributed by atoms with E-state index in [-0.39, 0.29) is 16.4 Å². The molecule has 0 N–H and O–H groups in total. The Labute approximate surface area is 168 Å². The third-order valence-electron chi connectivity index (χ3n) is 7.65. The van der Waals surface area contributed by atoms with Gasteiger partial charge in [0.1, 0.15) is 0 Å². The molecule has 2 nitrogen and oxygen atoms in total. The molecule has 0 bridgehead atoms. The van der Waals surface area contributed by atoms with Crippen LogP contribution in [0.1, 0.15) is 87.1 Å².